The van der Waals surface area contributed by atoms with E-state index in [2.05, 4.69) is 16.3 Å². The zero-order chi connectivity index (χ0) is 12.8. The Bertz CT molecular complexity index is 406. The molecule has 1 saturated heterocycles. The molecule has 0 aromatic heterocycles. The lowest BCUT2D eigenvalue weighted by Crippen LogP contribution is -2.31. The molecule has 1 aliphatic rings. The van der Waals surface area contributed by atoms with Crippen molar-refractivity contribution >= 4 is 23.4 Å². The highest BCUT2D eigenvalue weighted by atomic mass is 32.2. The summed E-state index contributed by atoms with van der Waals surface area (Å²) in [5.74, 6) is 2.02. The van der Waals surface area contributed by atoms with E-state index >= 15 is 0 Å². The van der Waals surface area contributed by atoms with E-state index in [0.29, 0.717) is 0 Å². The van der Waals surface area contributed by atoms with E-state index in [9.17, 15) is 4.79 Å². The van der Waals surface area contributed by atoms with Gasteiger partial charge in [-0.15, -0.1) is 0 Å². The van der Waals surface area contributed by atoms with Crippen molar-refractivity contribution in [1.29, 1.82) is 0 Å². The summed E-state index contributed by atoms with van der Waals surface area (Å²) in [6.45, 7) is 2.69. The minimum Gasteiger partial charge on any atom is -0.387 e. The third-order valence-electron chi connectivity index (χ3n) is 2.86. The second kappa shape index (κ2) is 6.78. The fourth-order valence-corrected chi connectivity index (χ4v) is 2.94. The quantitative estimate of drug-likeness (QED) is 0.859. The minimum absolute atomic E-state index is 0.374. The van der Waals surface area contributed by atoms with Crippen molar-refractivity contribution in [2.24, 2.45) is 0 Å². The van der Waals surface area contributed by atoms with Crippen molar-refractivity contribution in [3.8, 4) is 0 Å². The molecule has 1 amide bonds. The van der Waals surface area contributed by atoms with E-state index in [0.717, 1.165) is 25.3 Å². The van der Waals surface area contributed by atoms with Crippen LogP contribution in [0, 0.1) is 0 Å². The third kappa shape index (κ3) is 4.01. The van der Waals surface area contributed by atoms with Gasteiger partial charge in [-0.2, -0.15) is 11.8 Å². The first-order valence-electron chi connectivity index (χ1n) is 6.07. The van der Waals surface area contributed by atoms with Crippen molar-refractivity contribution in [1.82, 2.24) is 4.90 Å². The second-order valence-electron chi connectivity index (χ2n) is 4.30. The van der Waals surface area contributed by atoms with E-state index in [1.54, 1.807) is 0 Å². The van der Waals surface area contributed by atoms with Gasteiger partial charge in [0.15, 0.2) is 0 Å². The molecule has 0 aliphatic carbocycles. The fourth-order valence-electron chi connectivity index (χ4n) is 1.97. The summed E-state index contributed by atoms with van der Waals surface area (Å²) in [6.07, 6.45) is 0. The standard InChI is InChI=1S/C13H18N2O2S/c16-10-13(17)14-12-3-1-2-11(8-12)9-15-4-6-18-7-5-15/h1-3,8,16H,4-7,9-10H2,(H,14,17). The Hall–Kier alpha value is -1.04. The molecule has 0 bridgehead atoms. The maximum atomic E-state index is 11.1. The lowest BCUT2D eigenvalue weighted by molar-refractivity contribution is -0.118. The van der Waals surface area contributed by atoms with Crippen LogP contribution in [0.4, 0.5) is 5.69 Å². The number of aliphatic hydroxyl groups excluding tert-OH is 1. The van der Waals surface area contributed by atoms with Gasteiger partial charge >= 0.3 is 0 Å². The first-order chi connectivity index (χ1) is 8.78. The van der Waals surface area contributed by atoms with Crippen molar-refractivity contribution in [2.75, 3.05) is 36.5 Å². The fraction of sp³-hybridized carbons (Fsp3) is 0.462. The van der Waals surface area contributed by atoms with Crippen molar-refractivity contribution in [2.45, 2.75) is 6.54 Å². The average molecular weight is 266 g/mol. The number of anilines is 1. The summed E-state index contributed by atoms with van der Waals surface area (Å²) in [7, 11) is 0. The maximum absolute atomic E-state index is 11.1. The second-order valence-corrected chi connectivity index (χ2v) is 5.52. The van der Waals surface area contributed by atoms with Crippen molar-refractivity contribution in [3.63, 3.8) is 0 Å². The Morgan fingerprint density at radius 2 is 2.17 bits per heavy atom. The van der Waals surface area contributed by atoms with E-state index in [1.165, 1.54) is 17.1 Å². The molecule has 0 unspecified atom stereocenters. The highest BCUT2D eigenvalue weighted by Crippen LogP contribution is 2.15. The van der Waals surface area contributed by atoms with Gasteiger partial charge < -0.3 is 10.4 Å². The lowest BCUT2D eigenvalue weighted by Gasteiger charge is -2.26. The molecule has 1 fully saturated rings. The summed E-state index contributed by atoms with van der Waals surface area (Å²) in [4.78, 5) is 13.5. The molecule has 4 nitrogen and oxygen atoms in total. The number of amides is 1. The first-order valence-corrected chi connectivity index (χ1v) is 7.23. The first kappa shape index (κ1) is 13.4. The molecule has 1 aromatic rings. The number of nitrogens with one attached hydrogen (secondary N) is 1. The van der Waals surface area contributed by atoms with Crippen LogP contribution in [-0.2, 0) is 11.3 Å². The SMILES string of the molecule is O=C(CO)Nc1cccc(CN2CCSCC2)c1. The van der Waals surface area contributed by atoms with Crippen LogP contribution in [0.5, 0.6) is 0 Å². The molecule has 0 atom stereocenters. The van der Waals surface area contributed by atoms with Gasteiger partial charge in [-0.05, 0) is 17.7 Å². The largest absolute Gasteiger partial charge is 0.387 e. The van der Waals surface area contributed by atoms with Crippen LogP contribution < -0.4 is 5.32 Å². The van der Waals surface area contributed by atoms with E-state index in [-0.39, 0.29) is 5.91 Å². The number of hydrogen-bond donors (Lipinski definition) is 2. The van der Waals surface area contributed by atoms with Crippen LogP contribution in [-0.4, -0.2) is 47.1 Å². The highest BCUT2D eigenvalue weighted by Gasteiger charge is 2.10. The summed E-state index contributed by atoms with van der Waals surface area (Å²) in [6, 6.07) is 7.80. The van der Waals surface area contributed by atoms with E-state index in [4.69, 9.17) is 5.11 Å². The van der Waals surface area contributed by atoms with Crippen LogP contribution in [0.25, 0.3) is 0 Å². The van der Waals surface area contributed by atoms with Gasteiger partial charge in [-0.1, -0.05) is 12.1 Å². The topological polar surface area (TPSA) is 52.6 Å². The molecule has 1 heterocycles. The zero-order valence-electron chi connectivity index (χ0n) is 10.3. The normalized spacial score (nSPS) is 16.5. The van der Waals surface area contributed by atoms with Gasteiger partial charge in [0.2, 0.25) is 5.91 Å². The zero-order valence-corrected chi connectivity index (χ0v) is 11.1. The predicted octanol–water partition coefficient (Wildman–Crippen LogP) is 1.17. The van der Waals surface area contributed by atoms with Crippen LogP contribution in [0.2, 0.25) is 0 Å². The maximum Gasteiger partial charge on any atom is 0.250 e. The Labute approximate surface area is 111 Å². The van der Waals surface area contributed by atoms with Crippen molar-refractivity contribution < 1.29 is 9.90 Å². The number of rotatable bonds is 4. The Kier molecular flexibility index (Phi) is 5.04. The smallest absolute Gasteiger partial charge is 0.250 e. The van der Waals surface area contributed by atoms with Gasteiger partial charge in [0, 0.05) is 36.8 Å². The molecule has 1 aliphatic heterocycles. The Morgan fingerprint density at radius 1 is 1.39 bits per heavy atom. The number of benzene rings is 1. The molecule has 98 valence electrons. The average Bonchev–Trinajstić information content (AvgIpc) is 2.40. The molecule has 2 N–H and O–H groups in total. The summed E-state index contributed by atoms with van der Waals surface area (Å²) < 4.78 is 0. The summed E-state index contributed by atoms with van der Waals surface area (Å²) in [5, 5.41) is 11.4. The van der Waals surface area contributed by atoms with Gasteiger partial charge in [0.25, 0.3) is 0 Å². The number of thioether (sulfide) groups is 1. The number of aliphatic hydroxyl groups is 1. The van der Waals surface area contributed by atoms with Gasteiger partial charge in [0.05, 0.1) is 0 Å². The molecule has 0 radical (unpaired) electrons. The van der Waals surface area contributed by atoms with Gasteiger partial charge in [-0.25, -0.2) is 0 Å². The summed E-state index contributed by atoms with van der Waals surface area (Å²) >= 11 is 2.00. The number of carbonyl (C=O) groups is 1. The molecule has 5 heteroatoms. The molecule has 0 saturated carbocycles. The van der Waals surface area contributed by atoms with E-state index < -0.39 is 6.61 Å². The molecule has 0 spiro atoms. The number of hydrogen-bond acceptors (Lipinski definition) is 4. The van der Waals surface area contributed by atoms with Crippen LogP contribution in [0.3, 0.4) is 0 Å². The molecular formula is C13H18N2O2S. The van der Waals surface area contributed by atoms with Gasteiger partial charge in [-0.3, -0.25) is 9.69 Å². The van der Waals surface area contributed by atoms with Crippen LogP contribution >= 0.6 is 11.8 Å². The molecule has 2 rings (SSSR count). The molecule has 18 heavy (non-hydrogen) atoms. The number of nitrogens with zero attached hydrogens (tertiary/aromatic N) is 1. The Morgan fingerprint density at radius 3 is 2.89 bits per heavy atom. The molecular weight excluding hydrogens is 248 g/mol. The minimum atomic E-state index is -0.479. The van der Waals surface area contributed by atoms with E-state index in [1.807, 2.05) is 30.0 Å². The van der Waals surface area contributed by atoms with Gasteiger partial charge in [0.1, 0.15) is 6.61 Å². The predicted molar refractivity (Wildman–Crippen MR) is 74.8 cm³/mol. The third-order valence-corrected chi connectivity index (χ3v) is 3.81. The van der Waals surface area contributed by atoms with Crippen LogP contribution in [0.15, 0.2) is 24.3 Å². The lowest BCUT2D eigenvalue weighted by atomic mass is 10.2. The van der Waals surface area contributed by atoms with Crippen molar-refractivity contribution in [3.05, 3.63) is 29.8 Å². The van der Waals surface area contributed by atoms with Crippen LogP contribution in [0.1, 0.15) is 5.56 Å². The monoisotopic (exact) mass is 266 g/mol. The summed E-state index contributed by atoms with van der Waals surface area (Å²) in [5.41, 5.74) is 1.94. The number of carbonyl (C=O) groups excluding carboxylic acids is 1. The molecule has 1 aromatic carbocycles. The Balaban J connectivity index is 1.95. The highest BCUT2D eigenvalue weighted by molar-refractivity contribution is 7.99.